The van der Waals surface area contributed by atoms with Crippen LogP contribution in [-0.4, -0.2) is 43.0 Å². The van der Waals surface area contributed by atoms with Crippen molar-refractivity contribution in [1.29, 1.82) is 0 Å². The molecule has 1 rings (SSSR count). The summed E-state index contributed by atoms with van der Waals surface area (Å²) in [7, 11) is 0. The van der Waals surface area contributed by atoms with Crippen LogP contribution in [0.4, 0.5) is 0 Å². The summed E-state index contributed by atoms with van der Waals surface area (Å²) in [6.45, 7) is 4.85. The molecule has 4 nitrogen and oxygen atoms in total. The number of likely N-dealkylation sites (tertiary alicyclic amines) is 1. The van der Waals surface area contributed by atoms with Crippen LogP contribution in [-0.2, 0) is 4.79 Å². The van der Waals surface area contributed by atoms with Crippen LogP contribution >= 0.6 is 0 Å². The second-order valence-electron chi connectivity index (χ2n) is 3.96. The highest BCUT2D eigenvalue weighted by Crippen LogP contribution is 2.08. The van der Waals surface area contributed by atoms with Crippen molar-refractivity contribution >= 4 is 5.91 Å². The lowest BCUT2D eigenvalue weighted by atomic mass is 10.1. The van der Waals surface area contributed by atoms with Crippen LogP contribution in [0.3, 0.4) is 0 Å². The standard InChI is InChI=1S/C10H21N3O/c1-9(7-11)12-8-10(14)13-5-3-2-4-6-13/h9,12H,2-8,11H2,1H3. The van der Waals surface area contributed by atoms with Crippen molar-refractivity contribution in [3.05, 3.63) is 0 Å². The minimum absolute atomic E-state index is 0.213. The summed E-state index contributed by atoms with van der Waals surface area (Å²) in [6, 6.07) is 0.226. The van der Waals surface area contributed by atoms with Crippen molar-refractivity contribution in [1.82, 2.24) is 10.2 Å². The summed E-state index contributed by atoms with van der Waals surface area (Å²) < 4.78 is 0. The maximum absolute atomic E-state index is 11.6. The summed E-state index contributed by atoms with van der Waals surface area (Å²) >= 11 is 0. The quantitative estimate of drug-likeness (QED) is 0.666. The van der Waals surface area contributed by atoms with Crippen LogP contribution in [0.25, 0.3) is 0 Å². The summed E-state index contributed by atoms with van der Waals surface area (Å²) in [5, 5.41) is 3.11. The Morgan fingerprint density at radius 3 is 2.64 bits per heavy atom. The zero-order chi connectivity index (χ0) is 10.4. The number of nitrogens with two attached hydrogens (primary N) is 1. The zero-order valence-corrected chi connectivity index (χ0v) is 8.96. The number of nitrogens with one attached hydrogen (secondary N) is 1. The first-order chi connectivity index (χ1) is 6.74. The predicted molar refractivity (Wildman–Crippen MR) is 57.0 cm³/mol. The Morgan fingerprint density at radius 1 is 1.43 bits per heavy atom. The van der Waals surface area contributed by atoms with Gasteiger partial charge in [-0.1, -0.05) is 0 Å². The Balaban J connectivity index is 2.19. The van der Waals surface area contributed by atoms with Gasteiger partial charge >= 0.3 is 0 Å². The highest BCUT2D eigenvalue weighted by Gasteiger charge is 2.16. The van der Waals surface area contributed by atoms with E-state index in [0.717, 1.165) is 25.9 Å². The lowest BCUT2D eigenvalue weighted by Crippen LogP contribution is -2.44. The summed E-state index contributed by atoms with van der Waals surface area (Å²) in [5.74, 6) is 0.213. The minimum Gasteiger partial charge on any atom is -0.342 e. The molecule has 0 aromatic rings. The van der Waals surface area contributed by atoms with E-state index in [9.17, 15) is 4.79 Å². The smallest absolute Gasteiger partial charge is 0.236 e. The average Bonchev–Trinajstić information content (AvgIpc) is 2.26. The predicted octanol–water partition coefficient (Wildman–Crippen LogP) is -0.0643. The first-order valence-corrected chi connectivity index (χ1v) is 5.45. The largest absolute Gasteiger partial charge is 0.342 e. The lowest BCUT2D eigenvalue weighted by molar-refractivity contribution is -0.131. The molecule has 0 radical (unpaired) electrons. The number of carbonyl (C=O) groups excluding carboxylic acids is 1. The fourth-order valence-corrected chi connectivity index (χ4v) is 1.60. The van der Waals surface area contributed by atoms with E-state index in [1.54, 1.807) is 0 Å². The Bertz CT molecular complexity index is 178. The molecule has 4 heteroatoms. The SMILES string of the molecule is CC(CN)NCC(=O)N1CCCCC1. The molecule has 0 saturated carbocycles. The maximum Gasteiger partial charge on any atom is 0.236 e. The van der Waals surface area contributed by atoms with Crippen LogP contribution in [0.1, 0.15) is 26.2 Å². The molecule has 3 N–H and O–H groups in total. The first-order valence-electron chi connectivity index (χ1n) is 5.45. The maximum atomic E-state index is 11.6. The molecule has 0 aromatic heterocycles. The molecule has 0 aromatic carbocycles. The van der Waals surface area contributed by atoms with E-state index in [1.165, 1.54) is 6.42 Å². The van der Waals surface area contributed by atoms with Gasteiger partial charge in [0.1, 0.15) is 0 Å². The van der Waals surface area contributed by atoms with E-state index < -0.39 is 0 Å². The molecule has 1 amide bonds. The second-order valence-corrected chi connectivity index (χ2v) is 3.96. The van der Waals surface area contributed by atoms with Gasteiger partial charge in [-0.15, -0.1) is 0 Å². The van der Waals surface area contributed by atoms with E-state index in [1.807, 2.05) is 11.8 Å². The van der Waals surface area contributed by atoms with Gasteiger partial charge in [0.05, 0.1) is 6.54 Å². The number of nitrogens with zero attached hydrogens (tertiary/aromatic N) is 1. The van der Waals surface area contributed by atoms with Crippen molar-refractivity contribution in [3.8, 4) is 0 Å². The van der Waals surface area contributed by atoms with Crippen molar-refractivity contribution in [3.63, 3.8) is 0 Å². The number of hydrogen-bond donors (Lipinski definition) is 2. The molecule has 1 heterocycles. The van der Waals surface area contributed by atoms with Crippen molar-refractivity contribution in [2.75, 3.05) is 26.2 Å². The van der Waals surface area contributed by atoms with Gasteiger partial charge in [-0.3, -0.25) is 4.79 Å². The van der Waals surface area contributed by atoms with Crippen molar-refractivity contribution in [2.24, 2.45) is 5.73 Å². The first kappa shape index (κ1) is 11.5. The molecule has 1 unspecified atom stereocenters. The summed E-state index contributed by atoms with van der Waals surface area (Å²) in [5.41, 5.74) is 5.45. The van der Waals surface area contributed by atoms with Crippen LogP contribution in [0.5, 0.6) is 0 Å². The molecule has 14 heavy (non-hydrogen) atoms. The normalized spacial score (nSPS) is 19.4. The topological polar surface area (TPSA) is 58.4 Å². The highest BCUT2D eigenvalue weighted by molar-refractivity contribution is 5.78. The lowest BCUT2D eigenvalue weighted by Gasteiger charge is -2.27. The Morgan fingerprint density at radius 2 is 2.07 bits per heavy atom. The number of piperidine rings is 1. The minimum atomic E-state index is 0.213. The van der Waals surface area contributed by atoms with Crippen molar-refractivity contribution < 1.29 is 4.79 Å². The molecule has 0 aliphatic carbocycles. The fraction of sp³-hybridized carbons (Fsp3) is 0.900. The molecule has 1 saturated heterocycles. The van der Waals surface area contributed by atoms with Crippen LogP contribution in [0.15, 0.2) is 0 Å². The van der Waals surface area contributed by atoms with Crippen molar-refractivity contribution in [2.45, 2.75) is 32.2 Å². The number of hydrogen-bond acceptors (Lipinski definition) is 3. The van der Waals surface area contributed by atoms with E-state index >= 15 is 0 Å². The van der Waals surface area contributed by atoms with E-state index in [2.05, 4.69) is 5.32 Å². The molecule has 0 bridgehead atoms. The molecule has 1 aliphatic heterocycles. The highest BCUT2D eigenvalue weighted by atomic mass is 16.2. The van der Waals surface area contributed by atoms with Gasteiger partial charge < -0.3 is 16.0 Å². The zero-order valence-electron chi connectivity index (χ0n) is 8.96. The molecular formula is C10H21N3O. The van der Waals surface area contributed by atoms with Gasteiger partial charge in [0.2, 0.25) is 5.91 Å². The fourth-order valence-electron chi connectivity index (χ4n) is 1.60. The van der Waals surface area contributed by atoms with Gasteiger partial charge in [0, 0.05) is 25.7 Å². The molecule has 0 spiro atoms. The number of carbonyl (C=O) groups is 1. The Labute approximate surface area is 85.8 Å². The van der Waals surface area contributed by atoms with Crippen LogP contribution in [0.2, 0.25) is 0 Å². The monoisotopic (exact) mass is 199 g/mol. The molecule has 82 valence electrons. The van der Waals surface area contributed by atoms with Gasteiger partial charge in [-0.2, -0.15) is 0 Å². The van der Waals surface area contributed by atoms with Crippen LogP contribution in [0, 0.1) is 0 Å². The Hall–Kier alpha value is -0.610. The average molecular weight is 199 g/mol. The van der Waals surface area contributed by atoms with Crippen LogP contribution < -0.4 is 11.1 Å². The second kappa shape index (κ2) is 5.98. The Kier molecular flexibility index (Phi) is 4.90. The number of amides is 1. The van der Waals surface area contributed by atoms with Gasteiger partial charge in [0.15, 0.2) is 0 Å². The summed E-state index contributed by atoms with van der Waals surface area (Å²) in [6.07, 6.45) is 3.56. The van der Waals surface area contributed by atoms with E-state index in [0.29, 0.717) is 13.1 Å². The summed E-state index contributed by atoms with van der Waals surface area (Å²) in [4.78, 5) is 13.6. The molecule has 1 fully saturated rings. The van der Waals surface area contributed by atoms with E-state index in [4.69, 9.17) is 5.73 Å². The molecule has 1 aliphatic rings. The molecule has 1 atom stereocenters. The third-order valence-electron chi connectivity index (χ3n) is 2.66. The third-order valence-corrected chi connectivity index (χ3v) is 2.66. The van der Waals surface area contributed by atoms with Gasteiger partial charge in [0.25, 0.3) is 0 Å². The van der Waals surface area contributed by atoms with Gasteiger partial charge in [-0.25, -0.2) is 0 Å². The molecular weight excluding hydrogens is 178 g/mol. The van der Waals surface area contributed by atoms with E-state index in [-0.39, 0.29) is 11.9 Å². The third kappa shape index (κ3) is 3.64. The van der Waals surface area contributed by atoms with Gasteiger partial charge in [-0.05, 0) is 26.2 Å². The number of rotatable bonds is 4.